The van der Waals surface area contributed by atoms with E-state index in [1.165, 1.54) is 12.8 Å². The average Bonchev–Trinajstić information content (AvgIpc) is 3.46. The summed E-state index contributed by atoms with van der Waals surface area (Å²) in [7, 11) is -1.65. The number of rotatable bonds is 11. The standard InChI is InChI=1S/C32H34N2O5S/c1-37-30-16-11-26(22-32(30)39-28-5-3-4-6-28)31(21-23-17-19-33-20-18-23)38-29-14-9-25(10-15-29)24-7-12-27(13-8-24)34-40(2,35)36/h7-20,22,28,31,34H,3-6,21H2,1-2H3/t31-/m0/s1. The Morgan fingerprint density at radius 2 is 1.52 bits per heavy atom. The zero-order chi connectivity index (χ0) is 28.0. The third-order valence-electron chi connectivity index (χ3n) is 6.98. The zero-order valence-corrected chi connectivity index (χ0v) is 23.6. The molecule has 5 rings (SSSR count). The summed E-state index contributed by atoms with van der Waals surface area (Å²) in [5.41, 5.74) is 4.63. The van der Waals surface area contributed by atoms with Crippen molar-refractivity contribution in [2.75, 3.05) is 18.1 Å². The van der Waals surface area contributed by atoms with E-state index < -0.39 is 10.0 Å². The highest BCUT2D eigenvalue weighted by Gasteiger charge is 2.21. The molecule has 0 spiro atoms. The van der Waals surface area contributed by atoms with E-state index in [2.05, 4.69) is 9.71 Å². The summed E-state index contributed by atoms with van der Waals surface area (Å²) in [6.07, 6.45) is 9.85. The molecule has 4 aromatic rings. The number of sulfonamides is 1. The molecule has 1 N–H and O–H groups in total. The molecule has 0 amide bonds. The molecule has 0 aliphatic heterocycles. The maximum Gasteiger partial charge on any atom is 0.229 e. The van der Waals surface area contributed by atoms with E-state index >= 15 is 0 Å². The number of anilines is 1. The fourth-order valence-electron chi connectivity index (χ4n) is 4.97. The molecule has 40 heavy (non-hydrogen) atoms. The highest BCUT2D eigenvalue weighted by Crippen LogP contribution is 2.36. The molecular weight excluding hydrogens is 524 g/mol. The van der Waals surface area contributed by atoms with Crippen LogP contribution >= 0.6 is 0 Å². The van der Waals surface area contributed by atoms with Crippen LogP contribution in [-0.4, -0.2) is 32.9 Å². The minimum absolute atomic E-state index is 0.215. The van der Waals surface area contributed by atoms with Gasteiger partial charge in [0.15, 0.2) is 11.5 Å². The first-order chi connectivity index (χ1) is 19.4. The van der Waals surface area contributed by atoms with E-state index in [4.69, 9.17) is 14.2 Å². The summed E-state index contributed by atoms with van der Waals surface area (Å²) < 4.78 is 44.0. The quantitative estimate of drug-likeness (QED) is 0.218. The van der Waals surface area contributed by atoms with Crippen LogP contribution in [0.4, 0.5) is 5.69 Å². The highest BCUT2D eigenvalue weighted by molar-refractivity contribution is 7.92. The second-order valence-corrected chi connectivity index (χ2v) is 11.8. The topological polar surface area (TPSA) is 86.8 Å². The van der Waals surface area contributed by atoms with Gasteiger partial charge in [-0.2, -0.15) is 0 Å². The van der Waals surface area contributed by atoms with Gasteiger partial charge in [0.2, 0.25) is 10.0 Å². The third-order valence-corrected chi connectivity index (χ3v) is 7.59. The fraction of sp³-hybridized carbons (Fsp3) is 0.281. The van der Waals surface area contributed by atoms with Gasteiger partial charge in [-0.1, -0.05) is 30.3 Å². The Morgan fingerprint density at radius 3 is 2.15 bits per heavy atom. The van der Waals surface area contributed by atoms with E-state index in [-0.39, 0.29) is 12.2 Å². The van der Waals surface area contributed by atoms with Crippen LogP contribution < -0.4 is 18.9 Å². The Balaban J connectivity index is 1.37. The van der Waals surface area contributed by atoms with Crippen LogP contribution in [0, 0.1) is 0 Å². The Morgan fingerprint density at radius 1 is 0.875 bits per heavy atom. The lowest BCUT2D eigenvalue weighted by molar-refractivity contribution is 0.193. The molecule has 0 bridgehead atoms. The van der Waals surface area contributed by atoms with Crippen LogP contribution in [0.5, 0.6) is 17.2 Å². The molecule has 1 heterocycles. The highest BCUT2D eigenvalue weighted by atomic mass is 32.2. The average molecular weight is 559 g/mol. The van der Waals surface area contributed by atoms with Crippen molar-refractivity contribution in [2.45, 2.75) is 44.3 Å². The van der Waals surface area contributed by atoms with E-state index in [0.717, 1.165) is 58.6 Å². The summed E-state index contributed by atoms with van der Waals surface area (Å²) in [5.74, 6) is 2.21. The lowest BCUT2D eigenvalue weighted by Gasteiger charge is -2.22. The monoisotopic (exact) mass is 558 g/mol. The van der Waals surface area contributed by atoms with Crippen molar-refractivity contribution in [3.05, 3.63) is 102 Å². The summed E-state index contributed by atoms with van der Waals surface area (Å²) in [5, 5.41) is 0. The Labute approximate surface area is 236 Å². The lowest BCUT2D eigenvalue weighted by Crippen LogP contribution is -2.14. The van der Waals surface area contributed by atoms with Crippen LogP contribution in [0.3, 0.4) is 0 Å². The molecule has 1 aliphatic rings. The van der Waals surface area contributed by atoms with Crippen molar-refractivity contribution in [1.82, 2.24) is 4.98 Å². The van der Waals surface area contributed by atoms with E-state index in [9.17, 15) is 8.42 Å². The SMILES string of the molecule is COc1ccc([C@H](Cc2ccncc2)Oc2ccc(-c3ccc(NS(C)(=O)=O)cc3)cc2)cc1OC1CCCC1. The predicted molar refractivity (Wildman–Crippen MR) is 158 cm³/mol. The Hall–Kier alpha value is -4.04. The zero-order valence-electron chi connectivity index (χ0n) is 22.7. The first-order valence-electron chi connectivity index (χ1n) is 13.4. The molecule has 1 aromatic heterocycles. The first-order valence-corrected chi connectivity index (χ1v) is 15.3. The summed E-state index contributed by atoms with van der Waals surface area (Å²) in [4.78, 5) is 4.15. The molecule has 1 saturated carbocycles. The van der Waals surface area contributed by atoms with Crippen molar-refractivity contribution >= 4 is 15.7 Å². The fourth-order valence-corrected chi connectivity index (χ4v) is 5.53. The van der Waals surface area contributed by atoms with E-state index in [1.54, 1.807) is 31.6 Å². The van der Waals surface area contributed by atoms with Crippen molar-refractivity contribution in [3.63, 3.8) is 0 Å². The van der Waals surface area contributed by atoms with Crippen molar-refractivity contribution in [3.8, 4) is 28.4 Å². The number of methoxy groups -OCH3 is 1. The number of hydrogen-bond acceptors (Lipinski definition) is 6. The molecule has 1 aliphatic carbocycles. The summed E-state index contributed by atoms with van der Waals surface area (Å²) in [6, 6.07) is 25.2. The number of hydrogen-bond donors (Lipinski definition) is 1. The van der Waals surface area contributed by atoms with Crippen LogP contribution in [0.25, 0.3) is 11.1 Å². The molecule has 0 radical (unpaired) electrons. The van der Waals surface area contributed by atoms with E-state index in [0.29, 0.717) is 12.1 Å². The second-order valence-electron chi connectivity index (χ2n) is 10.1. The molecule has 8 heteroatoms. The molecule has 3 aromatic carbocycles. The van der Waals surface area contributed by atoms with Gasteiger partial charge < -0.3 is 14.2 Å². The van der Waals surface area contributed by atoms with Gasteiger partial charge in [0.05, 0.1) is 19.5 Å². The number of aromatic nitrogens is 1. The number of nitrogens with one attached hydrogen (secondary N) is 1. The molecule has 0 saturated heterocycles. The smallest absolute Gasteiger partial charge is 0.229 e. The van der Waals surface area contributed by atoms with Gasteiger partial charge in [0, 0.05) is 24.5 Å². The number of ether oxygens (including phenoxy) is 3. The second kappa shape index (κ2) is 12.4. The van der Waals surface area contributed by atoms with Crippen LogP contribution in [0.2, 0.25) is 0 Å². The Bertz CT molecular complexity index is 1500. The predicted octanol–water partition coefficient (Wildman–Crippen LogP) is 6.81. The first kappa shape index (κ1) is 27.5. The van der Waals surface area contributed by atoms with Gasteiger partial charge >= 0.3 is 0 Å². The van der Waals surface area contributed by atoms with Gasteiger partial charge in [-0.05, 0) is 96.5 Å². The molecular formula is C32H34N2O5S. The van der Waals surface area contributed by atoms with Crippen molar-refractivity contribution in [2.24, 2.45) is 0 Å². The Kier molecular flexibility index (Phi) is 8.55. The van der Waals surface area contributed by atoms with E-state index in [1.807, 2.05) is 66.7 Å². The maximum absolute atomic E-state index is 11.5. The number of benzene rings is 3. The molecule has 1 fully saturated rings. The third kappa shape index (κ3) is 7.33. The summed E-state index contributed by atoms with van der Waals surface area (Å²) in [6.45, 7) is 0. The van der Waals surface area contributed by atoms with Gasteiger partial charge in [-0.15, -0.1) is 0 Å². The molecule has 0 unspecified atom stereocenters. The number of nitrogens with zero attached hydrogens (tertiary/aromatic N) is 1. The van der Waals surface area contributed by atoms with Gasteiger partial charge in [0.25, 0.3) is 0 Å². The summed E-state index contributed by atoms with van der Waals surface area (Å²) >= 11 is 0. The minimum atomic E-state index is -3.32. The van der Waals surface area contributed by atoms with Gasteiger partial charge in [-0.3, -0.25) is 9.71 Å². The normalized spacial score (nSPS) is 14.4. The van der Waals surface area contributed by atoms with Crippen LogP contribution in [0.1, 0.15) is 42.9 Å². The van der Waals surface area contributed by atoms with Gasteiger partial charge in [-0.25, -0.2) is 8.42 Å². The molecule has 208 valence electrons. The maximum atomic E-state index is 11.5. The largest absolute Gasteiger partial charge is 0.493 e. The number of pyridine rings is 1. The van der Waals surface area contributed by atoms with Crippen LogP contribution in [0.15, 0.2) is 91.3 Å². The van der Waals surface area contributed by atoms with Crippen molar-refractivity contribution in [1.29, 1.82) is 0 Å². The molecule has 1 atom stereocenters. The lowest BCUT2D eigenvalue weighted by atomic mass is 10.0. The minimum Gasteiger partial charge on any atom is -0.493 e. The van der Waals surface area contributed by atoms with Crippen molar-refractivity contribution < 1.29 is 22.6 Å². The van der Waals surface area contributed by atoms with Gasteiger partial charge in [0.1, 0.15) is 11.9 Å². The van der Waals surface area contributed by atoms with Crippen LogP contribution in [-0.2, 0) is 16.4 Å². The molecule has 7 nitrogen and oxygen atoms in total.